The van der Waals surface area contributed by atoms with Crippen molar-refractivity contribution in [2.45, 2.75) is 84.9 Å². The van der Waals surface area contributed by atoms with Crippen LogP contribution in [0.15, 0.2) is 18.3 Å². The van der Waals surface area contributed by atoms with Crippen LogP contribution in [0.5, 0.6) is 5.88 Å². The van der Waals surface area contributed by atoms with E-state index >= 15 is 0 Å². The monoisotopic (exact) mass is 292 g/mol. The van der Waals surface area contributed by atoms with E-state index in [1.165, 1.54) is 31.2 Å². The van der Waals surface area contributed by atoms with Crippen molar-refractivity contribution in [3.8, 4) is 5.88 Å². The Kier molecular flexibility index (Phi) is 7.73. The molecule has 0 fully saturated rings. The Balaban J connectivity index is 2.33. The van der Waals surface area contributed by atoms with Gasteiger partial charge in [0.25, 0.3) is 0 Å². The van der Waals surface area contributed by atoms with Crippen molar-refractivity contribution < 1.29 is 4.74 Å². The molecule has 0 aliphatic rings. The van der Waals surface area contributed by atoms with E-state index < -0.39 is 0 Å². The molecule has 21 heavy (non-hydrogen) atoms. The number of ether oxygens (including phenoxy) is 1. The van der Waals surface area contributed by atoms with Crippen LogP contribution in [0.4, 0.5) is 0 Å². The molecule has 0 bridgehead atoms. The van der Waals surface area contributed by atoms with Gasteiger partial charge in [-0.25, -0.2) is 4.98 Å². The Hall–Kier alpha value is -1.09. The number of nitrogens with one attached hydrogen (secondary N) is 1. The number of pyridine rings is 1. The molecule has 3 heteroatoms. The zero-order valence-electron chi connectivity index (χ0n) is 14.4. The standard InChI is InChI=1S/C18H32N2O/c1-6-7-8-9-10-15(2)21-17-12-11-16(13-19-17)14-20-18(3,4)5/h11-13,15,20H,6-10,14H2,1-5H3. The van der Waals surface area contributed by atoms with Crippen molar-refractivity contribution in [3.05, 3.63) is 23.9 Å². The van der Waals surface area contributed by atoms with Gasteiger partial charge in [-0.1, -0.05) is 32.3 Å². The lowest BCUT2D eigenvalue weighted by atomic mass is 10.1. The normalized spacial score (nSPS) is 13.2. The molecular formula is C18H32N2O. The predicted octanol–water partition coefficient (Wildman–Crippen LogP) is 4.71. The fourth-order valence-corrected chi connectivity index (χ4v) is 2.08. The van der Waals surface area contributed by atoms with E-state index in [0.717, 1.165) is 18.8 Å². The average molecular weight is 292 g/mol. The second-order valence-electron chi connectivity index (χ2n) is 6.89. The molecule has 0 aliphatic heterocycles. The van der Waals surface area contributed by atoms with Crippen LogP contribution in [0.3, 0.4) is 0 Å². The van der Waals surface area contributed by atoms with Gasteiger partial charge in [-0.2, -0.15) is 0 Å². The van der Waals surface area contributed by atoms with Crippen molar-refractivity contribution in [2.75, 3.05) is 0 Å². The number of nitrogens with zero attached hydrogens (tertiary/aromatic N) is 1. The number of rotatable bonds is 9. The summed E-state index contributed by atoms with van der Waals surface area (Å²) in [7, 11) is 0. The first-order chi connectivity index (χ1) is 9.90. The predicted molar refractivity (Wildman–Crippen MR) is 89.7 cm³/mol. The van der Waals surface area contributed by atoms with Crippen molar-refractivity contribution in [2.24, 2.45) is 0 Å². The van der Waals surface area contributed by atoms with Crippen LogP contribution in [-0.4, -0.2) is 16.6 Å². The Morgan fingerprint density at radius 3 is 2.52 bits per heavy atom. The van der Waals surface area contributed by atoms with Gasteiger partial charge >= 0.3 is 0 Å². The van der Waals surface area contributed by atoms with Crippen LogP contribution >= 0.6 is 0 Å². The molecule has 0 amide bonds. The minimum absolute atomic E-state index is 0.127. The molecule has 1 heterocycles. The second-order valence-corrected chi connectivity index (χ2v) is 6.89. The first-order valence-electron chi connectivity index (χ1n) is 8.27. The van der Waals surface area contributed by atoms with Gasteiger partial charge in [0, 0.05) is 24.3 Å². The van der Waals surface area contributed by atoms with Crippen LogP contribution in [0.2, 0.25) is 0 Å². The lowest BCUT2D eigenvalue weighted by Gasteiger charge is -2.20. The van der Waals surface area contributed by atoms with Gasteiger partial charge in [-0.05, 0) is 46.1 Å². The van der Waals surface area contributed by atoms with Crippen LogP contribution in [-0.2, 0) is 6.54 Å². The summed E-state index contributed by atoms with van der Waals surface area (Å²) in [6, 6.07) is 4.06. The van der Waals surface area contributed by atoms with Gasteiger partial charge in [0.15, 0.2) is 0 Å². The molecule has 120 valence electrons. The second kappa shape index (κ2) is 9.04. The molecule has 1 unspecified atom stereocenters. The van der Waals surface area contributed by atoms with Gasteiger partial charge in [-0.15, -0.1) is 0 Å². The molecule has 0 saturated carbocycles. The summed E-state index contributed by atoms with van der Waals surface area (Å²) in [6.07, 6.45) is 8.39. The highest BCUT2D eigenvalue weighted by Gasteiger charge is 2.09. The van der Waals surface area contributed by atoms with E-state index in [2.05, 4.69) is 51.0 Å². The van der Waals surface area contributed by atoms with Gasteiger partial charge in [0.05, 0.1) is 6.10 Å². The molecule has 0 saturated heterocycles. The van der Waals surface area contributed by atoms with Crippen LogP contribution in [0.1, 0.15) is 72.3 Å². The van der Waals surface area contributed by atoms with Crippen LogP contribution in [0, 0.1) is 0 Å². The van der Waals surface area contributed by atoms with Crippen molar-refractivity contribution in [1.82, 2.24) is 10.3 Å². The largest absolute Gasteiger partial charge is 0.475 e. The number of unbranched alkanes of at least 4 members (excludes halogenated alkanes) is 3. The third-order valence-corrected chi connectivity index (χ3v) is 3.41. The molecule has 0 radical (unpaired) electrons. The number of hydrogen-bond donors (Lipinski definition) is 1. The zero-order valence-corrected chi connectivity index (χ0v) is 14.4. The third kappa shape index (κ3) is 8.71. The lowest BCUT2D eigenvalue weighted by Crippen LogP contribution is -2.35. The summed E-state index contributed by atoms with van der Waals surface area (Å²) in [4.78, 5) is 4.40. The molecule has 1 atom stereocenters. The number of hydrogen-bond acceptors (Lipinski definition) is 3. The van der Waals surface area contributed by atoms with Gasteiger partial charge < -0.3 is 10.1 Å². The van der Waals surface area contributed by atoms with E-state index in [9.17, 15) is 0 Å². The molecule has 0 aliphatic carbocycles. The third-order valence-electron chi connectivity index (χ3n) is 3.41. The highest BCUT2D eigenvalue weighted by Crippen LogP contribution is 2.14. The maximum absolute atomic E-state index is 5.86. The SMILES string of the molecule is CCCCCCC(C)Oc1ccc(CNC(C)(C)C)cn1. The fourth-order valence-electron chi connectivity index (χ4n) is 2.08. The topological polar surface area (TPSA) is 34.1 Å². The highest BCUT2D eigenvalue weighted by atomic mass is 16.5. The van der Waals surface area contributed by atoms with E-state index in [-0.39, 0.29) is 11.6 Å². The fraction of sp³-hybridized carbons (Fsp3) is 0.722. The molecule has 0 spiro atoms. The highest BCUT2D eigenvalue weighted by molar-refractivity contribution is 5.18. The van der Waals surface area contributed by atoms with E-state index in [1.54, 1.807) is 0 Å². The number of aromatic nitrogens is 1. The lowest BCUT2D eigenvalue weighted by molar-refractivity contribution is 0.198. The van der Waals surface area contributed by atoms with Crippen LogP contribution < -0.4 is 10.1 Å². The summed E-state index contributed by atoms with van der Waals surface area (Å²) in [5.41, 5.74) is 1.32. The zero-order chi connectivity index (χ0) is 15.7. The molecule has 1 aromatic heterocycles. The minimum atomic E-state index is 0.127. The van der Waals surface area contributed by atoms with Gasteiger partial charge in [0.1, 0.15) is 0 Å². The Labute approximate surface area is 130 Å². The first-order valence-corrected chi connectivity index (χ1v) is 8.27. The first kappa shape index (κ1) is 18.0. The molecular weight excluding hydrogens is 260 g/mol. The Morgan fingerprint density at radius 1 is 1.19 bits per heavy atom. The molecule has 0 aromatic carbocycles. The van der Waals surface area contributed by atoms with E-state index in [1.807, 2.05) is 12.3 Å². The minimum Gasteiger partial charge on any atom is -0.475 e. The van der Waals surface area contributed by atoms with E-state index in [4.69, 9.17) is 4.74 Å². The van der Waals surface area contributed by atoms with Crippen LogP contribution in [0.25, 0.3) is 0 Å². The Morgan fingerprint density at radius 2 is 1.95 bits per heavy atom. The maximum Gasteiger partial charge on any atom is 0.213 e. The summed E-state index contributed by atoms with van der Waals surface area (Å²) in [5, 5.41) is 3.46. The summed E-state index contributed by atoms with van der Waals surface area (Å²) >= 11 is 0. The smallest absolute Gasteiger partial charge is 0.213 e. The van der Waals surface area contributed by atoms with Gasteiger partial charge in [-0.3, -0.25) is 0 Å². The molecule has 1 N–H and O–H groups in total. The Bertz CT molecular complexity index is 381. The summed E-state index contributed by atoms with van der Waals surface area (Å²) in [5.74, 6) is 0.734. The quantitative estimate of drug-likeness (QED) is 0.669. The molecule has 1 aromatic rings. The molecule has 3 nitrogen and oxygen atoms in total. The average Bonchev–Trinajstić information content (AvgIpc) is 2.42. The maximum atomic E-state index is 5.86. The van der Waals surface area contributed by atoms with Crippen molar-refractivity contribution in [3.63, 3.8) is 0 Å². The molecule has 1 rings (SSSR count). The summed E-state index contributed by atoms with van der Waals surface area (Å²) in [6.45, 7) is 11.7. The summed E-state index contributed by atoms with van der Waals surface area (Å²) < 4.78 is 5.86. The van der Waals surface area contributed by atoms with Crippen molar-refractivity contribution >= 4 is 0 Å². The van der Waals surface area contributed by atoms with Gasteiger partial charge in [0.2, 0.25) is 5.88 Å². The van der Waals surface area contributed by atoms with E-state index in [0.29, 0.717) is 0 Å². The van der Waals surface area contributed by atoms with Crippen molar-refractivity contribution in [1.29, 1.82) is 0 Å².